The zero-order valence-electron chi connectivity index (χ0n) is 8.65. The molecule has 1 atom stereocenters. The molecule has 1 aliphatic carbocycles. The van der Waals surface area contributed by atoms with E-state index in [1.165, 1.54) is 0 Å². The molecule has 86 valence electrons. The molecule has 3 N–H and O–H groups in total. The first-order valence-electron chi connectivity index (χ1n) is 5.26. The molecule has 0 heterocycles. The van der Waals surface area contributed by atoms with Gasteiger partial charge in [0.25, 0.3) is 0 Å². The lowest BCUT2D eigenvalue weighted by Gasteiger charge is -2.25. The highest BCUT2D eigenvalue weighted by molar-refractivity contribution is 5.94. The fraction of sp³-hybridized carbons (Fsp3) is 0.800. The number of aliphatic carboxylic acids is 1. The molecular formula is C10H17NO4. The lowest BCUT2D eigenvalue weighted by Crippen LogP contribution is -2.35. The Morgan fingerprint density at radius 1 is 1.33 bits per heavy atom. The van der Waals surface area contributed by atoms with Crippen LogP contribution in [0.2, 0.25) is 0 Å². The minimum absolute atomic E-state index is 0.0877. The first-order chi connectivity index (χ1) is 7.16. The highest BCUT2D eigenvalue weighted by Gasteiger charge is 2.36. The number of carbonyl (C=O) groups is 2. The van der Waals surface area contributed by atoms with Crippen molar-refractivity contribution in [1.29, 1.82) is 0 Å². The minimum atomic E-state index is -1.10. The van der Waals surface area contributed by atoms with Crippen LogP contribution >= 0.6 is 0 Å². The van der Waals surface area contributed by atoms with Crippen LogP contribution in [0.25, 0.3) is 0 Å². The van der Waals surface area contributed by atoms with E-state index < -0.39 is 17.9 Å². The summed E-state index contributed by atoms with van der Waals surface area (Å²) in [6.45, 7) is -0.255. The van der Waals surface area contributed by atoms with Gasteiger partial charge in [-0.15, -0.1) is 0 Å². The molecule has 15 heavy (non-hydrogen) atoms. The Morgan fingerprint density at radius 3 is 2.40 bits per heavy atom. The van der Waals surface area contributed by atoms with Crippen molar-refractivity contribution in [3.8, 4) is 0 Å². The van der Waals surface area contributed by atoms with Crippen LogP contribution in [0.3, 0.4) is 0 Å². The van der Waals surface area contributed by atoms with Crippen LogP contribution in [-0.2, 0) is 14.3 Å². The first-order valence-corrected chi connectivity index (χ1v) is 5.26. The van der Waals surface area contributed by atoms with Crippen LogP contribution < -0.4 is 5.73 Å². The molecule has 1 aliphatic rings. The van der Waals surface area contributed by atoms with E-state index in [2.05, 4.69) is 4.74 Å². The monoisotopic (exact) mass is 215 g/mol. The topological polar surface area (TPSA) is 89.6 Å². The summed E-state index contributed by atoms with van der Waals surface area (Å²) in [7, 11) is 0. The second-order valence-electron chi connectivity index (χ2n) is 3.84. The normalized spacial score (nSPS) is 19.5. The fourth-order valence-electron chi connectivity index (χ4n) is 2.13. The molecule has 1 fully saturated rings. The molecule has 0 bridgehead atoms. The van der Waals surface area contributed by atoms with Gasteiger partial charge in [0.15, 0.2) is 5.92 Å². The molecule has 0 aliphatic heterocycles. The molecule has 1 rings (SSSR count). The van der Waals surface area contributed by atoms with Crippen LogP contribution in [-0.4, -0.2) is 23.8 Å². The largest absolute Gasteiger partial charge is 0.481 e. The summed E-state index contributed by atoms with van der Waals surface area (Å²) < 4.78 is 4.58. The third kappa shape index (κ3) is 3.20. The molecule has 1 saturated carbocycles. The zero-order chi connectivity index (χ0) is 11.3. The van der Waals surface area contributed by atoms with Crippen LogP contribution in [0.4, 0.5) is 0 Å². The smallest absolute Gasteiger partial charge is 0.321 e. The molecule has 0 aromatic heterocycles. The SMILES string of the molecule is NCOC(=O)C(C(=O)O)C1CCCCC1. The van der Waals surface area contributed by atoms with Gasteiger partial charge in [0.2, 0.25) is 0 Å². The molecule has 5 heteroatoms. The lowest BCUT2D eigenvalue weighted by atomic mass is 9.80. The van der Waals surface area contributed by atoms with E-state index >= 15 is 0 Å². The van der Waals surface area contributed by atoms with Crippen molar-refractivity contribution in [3.63, 3.8) is 0 Å². The van der Waals surface area contributed by atoms with Gasteiger partial charge in [-0.25, -0.2) is 0 Å². The predicted octanol–water partition coefficient (Wildman–Crippen LogP) is 0.727. The van der Waals surface area contributed by atoms with Gasteiger partial charge in [0.05, 0.1) is 0 Å². The number of carboxylic acids is 1. The summed E-state index contributed by atoms with van der Waals surface area (Å²) in [5.41, 5.74) is 5.06. The molecule has 0 amide bonds. The number of nitrogens with two attached hydrogens (primary N) is 1. The molecule has 0 aromatic carbocycles. The van der Waals surface area contributed by atoms with Crippen molar-refractivity contribution < 1.29 is 19.4 Å². The van der Waals surface area contributed by atoms with Gasteiger partial charge in [0, 0.05) is 0 Å². The molecule has 0 aromatic rings. The van der Waals surface area contributed by atoms with Gasteiger partial charge >= 0.3 is 11.9 Å². The highest BCUT2D eigenvalue weighted by atomic mass is 16.5. The Kier molecular flexibility index (Phi) is 4.55. The standard InChI is InChI=1S/C10H17NO4/c11-6-15-10(14)8(9(12)13)7-4-2-1-3-5-7/h7-8H,1-6,11H2,(H,12,13). The number of hydrogen-bond acceptors (Lipinski definition) is 4. The molecule has 1 unspecified atom stereocenters. The molecule has 5 nitrogen and oxygen atoms in total. The van der Waals surface area contributed by atoms with E-state index in [4.69, 9.17) is 10.8 Å². The van der Waals surface area contributed by atoms with Crippen molar-refractivity contribution >= 4 is 11.9 Å². The number of hydrogen-bond donors (Lipinski definition) is 2. The quantitative estimate of drug-likeness (QED) is 0.410. The second kappa shape index (κ2) is 5.70. The van der Waals surface area contributed by atoms with Crippen LogP contribution in [0.1, 0.15) is 32.1 Å². The van der Waals surface area contributed by atoms with E-state index in [0.29, 0.717) is 0 Å². The maximum absolute atomic E-state index is 11.4. The van der Waals surface area contributed by atoms with E-state index in [-0.39, 0.29) is 12.6 Å². The second-order valence-corrected chi connectivity index (χ2v) is 3.84. The number of carbonyl (C=O) groups excluding carboxylic acids is 1. The molecular weight excluding hydrogens is 198 g/mol. The Labute approximate surface area is 88.6 Å². The summed E-state index contributed by atoms with van der Waals surface area (Å²) in [6, 6.07) is 0. The van der Waals surface area contributed by atoms with Crippen molar-refractivity contribution in [2.75, 3.05) is 6.73 Å². The van der Waals surface area contributed by atoms with E-state index in [0.717, 1.165) is 32.1 Å². The van der Waals surface area contributed by atoms with Gasteiger partial charge in [-0.1, -0.05) is 19.3 Å². The average Bonchev–Trinajstić information content (AvgIpc) is 2.19. The van der Waals surface area contributed by atoms with Gasteiger partial charge < -0.3 is 9.84 Å². The van der Waals surface area contributed by atoms with E-state index in [9.17, 15) is 9.59 Å². The molecule has 0 saturated heterocycles. The van der Waals surface area contributed by atoms with Crippen LogP contribution in [0, 0.1) is 11.8 Å². The summed E-state index contributed by atoms with van der Waals surface area (Å²) in [6.07, 6.45) is 4.68. The number of rotatable bonds is 4. The van der Waals surface area contributed by atoms with Crippen molar-refractivity contribution in [2.24, 2.45) is 17.6 Å². The summed E-state index contributed by atoms with van der Waals surface area (Å²) in [5, 5.41) is 8.98. The van der Waals surface area contributed by atoms with Gasteiger partial charge in [-0.05, 0) is 18.8 Å². The average molecular weight is 215 g/mol. The lowest BCUT2D eigenvalue weighted by molar-refractivity contribution is -0.161. The Hall–Kier alpha value is -1.10. The molecule has 0 radical (unpaired) electrons. The maximum atomic E-state index is 11.4. The van der Waals surface area contributed by atoms with Gasteiger partial charge in [0.1, 0.15) is 6.73 Å². The Bertz CT molecular complexity index is 236. The highest BCUT2D eigenvalue weighted by Crippen LogP contribution is 2.30. The third-order valence-electron chi connectivity index (χ3n) is 2.87. The minimum Gasteiger partial charge on any atom is -0.481 e. The zero-order valence-corrected chi connectivity index (χ0v) is 8.65. The Balaban J connectivity index is 2.63. The van der Waals surface area contributed by atoms with Crippen LogP contribution in [0.15, 0.2) is 0 Å². The molecule has 0 spiro atoms. The number of ether oxygens (including phenoxy) is 1. The van der Waals surface area contributed by atoms with Crippen molar-refractivity contribution in [1.82, 2.24) is 0 Å². The van der Waals surface area contributed by atoms with Crippen molar-refractivity contribution in [2.45, 2.75) is 32.1 Å². The van der Waals surface area contributed by atoms with Crippen LogP contribution in [0.5, 0.6) is 0 Å². The number of carboxylic acid groups (broad SMARTS) is 1. The first kappa shape index (κ1) is 12.0. The van der Waals surface area contributed by atoms with Gasteiger partial charge in [-0.3, -0.25) is 15.3 Å². The Morgan fingerprint density at radius 2 is 1.93 bits per heavy atom. The predicted molar refractivity (Wildman–Crippen MR) is 52.8 cm³/mol. The third-order valence-corrected chi connectivity index (χ3v) is 2.87. The number of esters is 1. The van der Waals surface area contributed by atoms with Crippen molar-refractivity contribution in [3.05, 3.63) is 0 Å². The summed E-state index contributed by atoms with van der Waals surface area (Å²) in [4.78, 5) is 22.4. The van der Waals surface area contributed by atoms with E-state index in [1.54, 1.807) is 0 Å². The fourth-order valence-corrected chi connectivity index (χ4v) is 2.13. The maximum Gasteiger partial charge on any atom is 0.321 e. The summed E-state index contributed by atoms with van der Waals surface area (Å²) >= 11 is 0. The summed E-state index contributed by atoms with van der Waals surface area (Å²) in [5.74, 6) is -2.92. The van der Waals surface area contributed by atoms with E-state index in [1.807, 2.05) is 0 Å². The van der Waals surface area contributed by atoms with Gasteiger partial charge in [-0.2, -0.15) is 0 Å².